The summed E-state index contributed by atoms with van der Waals surface area (Å²) in [6.07, 6.45) is -3.86. The van der Waals surface area contributed by atoms with E-state index in [0.29, 0.717) is 0 Å². The number of esters is 1. The van der Waals surface area contributed by atoms with E-state index in [-0.39, 0.29) is 6.92 Å². The predicted molar refractivity (Wildman–Crippen MR) is 56.1 cm³/mol. The van der Waals surface area contributed by atoms with Gasteiger partial charge in [0, 0.05) is 0 Å². The highest BCUT2D eigenvalue weighted by Gasteiger charge is 2.82. The van der Waals surface area contributed by atoms with Crippen LogP contribution in [0.2, 0.25) is 0 Å². The lowest BCUT2D eigenvalue weighted by Gasteiger charge is -2.37. The minimum atomic E-state index is -6.80. The Morgan fingerprint density at radius 2 is 1.45 bits per heavy atom. The van der Waals surface area contributed by atoms with Crippen LogP contribution in [0.5, 0.6) is 0 Å². The van der Waals surface area contributed by atoms with Gasteiger partial charge in [-0.3, -0.25) is 0 Å². The Kier molecular flexibility index (Phi) is 5.61. The van der Waals surface area contributed by atoms with Crippen LogP contribution in [0.15, 0.2) is 12.2 Å². The zero-order valence-electron chi connectivity index (χ0n) is 11.2. The fourth-order valence-corrected chi connectivity index (χ4v) is 1.19. The largest absolute Gasteiger partial charge is 0.462 e. The van der Waals surface area contributed by atoms with Gasteiger partial charge in [-0.15, -0.1) is 0 Å². The normalized spacial score (nSPS) is 15.4. The Balaban J connectivity index is 5.89. The van der Waals surface area contributed by atoms with Crippen molar-refractivity contribution >= 4 is 5.97 Å². The molecule has 0 heterocycles. The fraction of sp³-hybridized carbons (Fsp3) is 0.727. The fourth-order valence-electron chi connectivity index (χ4n) is 1.19. The molecular formula is C11H11F9O2. The van der Waals surface area contributed by atoms with E-state index in [0.717, 1.165) is 6.92 Å². The van der Waals surface area contributed by atoms with Gasteiger partial charge in [-0.2, -0.15) is 35.1 Å². The maximum atomic E-state index is 13.4. The van der Waals surface area contributed by atoms with Gasteiger partial charge in [0.2, 0.25) is 0 Å². The first kappa shape index (κ1) is 20.6. The summed E-state index contributed by atoms with van der Waals surface area (Å²) in [6.45, 7) is 2.46. The average molecular weight is 346 g/mol. The van der Waals surface area contributed by atoms with Crippen molar-refractivity contribution in [1.82, 2.24) is 0 Å². The number of ether oxygens (including phenoxy) is 1. The number of halogens is 9. The van der Waals surface area contributed by atoms with E-state index in [1.54, 1.807) is 0 Å². The molecule has 1 atom stereocenters. The van der Waals surface area contributed by atoms with Crippen molar-refractivity contribution in [1.29, 1.82) is 0 Å². The number of carbonyl (C=O) groups excluding carboxylic acids is 1. The Labute approximate surface area is 118 Å². The molecule has 11 heteroatoms. The minimum absolute atomic E-state index is 0.206. The quantitative estimate of drug-likeness (QED) is 0.396. The summed E-state index contributed by atoms with van der Waals surface area (Å²) in [7, 11) is 0. The summed E-state index contributed by atoms with van der Waals surface area (Å²) in [5.74, 6) is -28.0. The zero-order chi connectivity index (χ0) is 18.1. The topological polar surface area (TPSA) is 26.3 Å². The van der Waals surface area contributed by atoms with Crippen LogP contribution in [-0.2, 0) is 9.53 Å². The van der Waals surface area contributed by atoms with Crippen molar-refractivity contribution in [3.63, 3.8) is 0 Å². The van der Waals surface area contributed by atoms with Crippen molar-refractivity contribution in [3.05, 3.63) is 12.2 Å². The van der Waals surface area contributed by atoms with Crippen molar-refractivity contribution in [2.75, 3.05) is 6.61 Å². The summed E-state index contributed by atoms with van der Waals surface area (Å²) in [5, 5.41) is 0. The third kappa shape index (κ3) is 2.89. The molecule has 130 valence electrons. The van der Waals surface area contributed by atoms with Gasteiger partial charge < -0.3 is 4.74 Å². The third-order valence-electron chi connectivity index (χ3n) is 2.61. The van der Waals surface area contributed by atoms with Crippen LogP contribution < -0.4 is 0 Å². The summed E-state index contributed by atoms with van der Waals surface area (Å²) in [4.78, 5) is 10.9. The van der Waals surface area contributed by atoms with Crippen LogP contribution >= 0.6 is 0 Å². The summed E-state index contributed by atoms with van der Waals surface area (Å²) in [6, 6.07) is 0. The van der Waals surface area contributed by atoms with Gasteiger partial charge in [-0.05, 0) is 13.8 Å². The zero-order valence-corrected chi connectivity index (χ0v) is 11.2. The van der Waals surface area contributed by atoms with Crippen LogP contribution in [0.25, 0.3) is 0 Å². The minimum Gasteiger partial charge on any atom is -0.462 e. The highest BCUT2D eigenvalue weighted by Crippen LogP contribution is 2.55. The standard InChI is InChI=1S/C11H11F9O2/c1-4-22-7(21)5(2)8(13,14)10(17,18)11(19,20)9(15,16)6(3)12/h6H,2,4H2,1,3H3. The van der Waals surface area contributed by atoms with Crippen molar-refractivity contribution in [2.45, 2.75) is 43.7 Å². The molecule has 0 aliphatic heterocycles. The number of rotatable bonds is 7. The van der Waals surface area contributed by atoms with Crippen LogP contribution in [-0.4, -0.2) is 42.4 Å². The molecule has 1 unspecified atom stereocenters. The van der Waals surface area contributed by atoms with E-state index in [1.807, 2.05) is 0 Å². The van der Waals surface area contributed by atoms with Gasteiger partial charge in [0.15, 0.2) is 6.17 Å². The molecule has 0 aromatic rings. The van der Waals surface area contributed by atoms with E-state index < -0.39 is 48.0 Å². The smallest absolute Gasteiger partial charge is 0.382 e. The van der Waals surface area contributed by atoms with Crippen LogP contribution in [0.4, 0.5) is 39.5 Å². The lowest BCUT2D eigenvalue weighted by atomic mass is 9.92. The highest BCUT2D eigenvalue weighted by molar-refractivity contribution is 5.89. The predicted octanol–water partition coefficient (Wildman–Crippen LogP) is 4.00. The molecule has 0 aliphatic carbocycles. The Bertz CT molecular complexity index is 443. The first-order valence-corrected chi connectivity index (χ1v) is 5.60. The molecule has 0 spiro atoms. The van der Waals surface area contributed by atoms with E-state index >= 15 is 0 Å². The first-order chi connectivity index (χ1) is 9.59. The molecule has 0 radical (unpaired) electrons. The second-order valence-electron chi connectivity index (χ2n) is 4.16. The van der Waals surface area contributed by atoms with Gasteiger partial charge in [0.1, 0.15) is 5.57 Å². The SMILES string of the molecule is C=C(C(=O)OCC)C(F)(F)C(F)(F)C(F)(F)C(F)(F)C(C)F. The third-order valence-corrected chi connectivity index (χ3v) is 2.61. The van der Waals surface area contributed by atoms with Gasteiger partial charge in [0.25, 0.3) is 0 Å². The summed E-state index contributed by atoms with van der Waals surface area (Å²) < 4.78 is 122. The van der Waals surface area contributed by atoms with Crippen LogP contribution in [0, 0.1) is 0 Å². The molecule has 0 saturated carbocycles. The molecule has 0 fully saturated rings. The molecule has 0 aromatic carbocycles. The lowest BCUT2D eigenvalue weighted by Crippen LogP contribution is -2.65. The Morgan fingerprint density at radius 1 is 1.05 bits per heavy atom. The van der Waals surface area contributed by atoms with Crippen molar-refractivity contribution in [2.24, 2.45) is 0 Å². The molecule has 0 N–H and O–H groups in total. The second-order valence-corrected chi connectivity index (χ2v) is 4.16. The van der Waals surface area contributed by atoms with E-state index in [1.165, 1.54) is 0 Å². The number of carbonyl (C=O) groups is 1. The summed E-state index contributed by atoms with van der Waals surface area (Å²) >= 11 is 0. The number of hydrogen-bond donors (Lipinski definition) is 0. The van der Waals surface area contributed by atoms with E-state index in [4.69, 9.17) is 0 Å². The second kappa shape index (κ2) is 5.99. The highest BCUT2D eigenvalue weighted by atomic mass is 19.4. The maximum Gasteiger partial charge on any atom is 0.382 e. The monoisotopic (exact) mass is 346 g/mol. The molecule has 0 bridgehead atoms. The average Bonchev–Trinajstić information content (AvgIpc) is 2.36. The van der Waals surface area contributed by atoms with E-state index in [9.17, 15) is 44.3 Å². The molecule has 0 saturated heterocycles. The first-order valence-electron chi connectivity index (χ1n) is 5.60. The Morgan fingerprint density at radius 3 is 1.77 bits per heavy atom. The number of hydrogen-bond acceptors (Lipinski definition) is 2. The summed E-state index contributed by atoms with van der Waals surface area (Å²) in [5.41, 5.74) is -2.46. The molecule has 0 amide bonds. The van der Waals surface area contributed by atoms with Crippen molar-refractivity contribution in [3.8, 4) is 0 Å². The lowest BCUT2D eigenvalue weighted by molar-refractivity contribution is -0.366. The molecule has 0 aliphatic rings. The van der Waals surface area contributed by atoms with E-state index in [2.05, 4.69) is 11.3 Å². The molecule has 2 nitrogen and oxygen atoms in total. The Hall–Kier alpha value is -1.42. The molecule has 0 aromatic heterocycles. The maximum absolute atomic E-state index is 13.4. The van der Waals surface area contributed by atoms with Gasteiger partial charge in [0.05, 0.1) is 6.61 Å². The van der Waals surface area contributed by atoms with Gasteiger partial charge >= 0.3 is 29.7 Å². The van der Waals surface area contributed by atoms with Crippen LogP contribution in [0.3, 0.4) is 0 Å². The van der Waals surface area contributed by atoms with Gasteiger partial charge in [-0.1, -0.05) is 6.58 Å². The van der Waals surface area contributed by atoms with Gasteiger partial charge in [-0.25, -0.2) is 9.18 Å². The molecule has 22 heavy (non-hydrogen) atoms. The molecular weight excluding hydrogens is 335 g/mol. The van der Waals surface area contributed by atoms with Crippen LogP contribution in [0.1, 0.15) is 13.8 Å². The number of alkyl halides is 9. The molecule has 0 rings (SSSR count). The van der Waals surface area contributed by atoms with Crippen molar-refractivity contribution < 1.29 is 49.0 Å².